The van der Waals surface area contributed by atoms with Gasteiger partial charge in [0, 0.05) is 51.4 Å². The van der Waals surface area contributed by atoms with E-state index in [4.69, 9.17) is 0 Å². The summed E-state index contributed by atoms with van der Waals surface area (Å²) >= 11 is 0. The van der Waals surface area contributed by atoms with Crippen molar-refractivity contribution in [2.75, 3.05) is 53.4 Å². The van der Waals surface area contributed by atoms with Crippen LogP contribution >= 0.6 is 0 Å². The molecule has 0 N–H and O–H groups in total. The SMILES string of the molecule is CN(Cc1ccccc1F)C(=O)CN1CCCN(CC(=O)N(C)Cc2ccccc2F)CC1. The molecule has 0 atom stereocenters. The molecule has 1 heterocycles. The number of halogens is 2. The van der Waals surface area contributed by atoms with E-state index in [1.54, 1.807) is 60.3 Å². The predicted octanol–water partition coefficient (Wildman–Crippen LogP) is 2.59. The highest BCUT2D eigenvalue weighted by Gasteiger charge is 2.22. The van der Waals surface area contributed by atoms with Gasteiger partial charge in [-0.05, 0) is 31.6 Å². The second kappa shape index (κ2) is 11.9. The summed E-state index contributed by atoms with van der Waals surface area (Å²) in [5.74, 6) is -0.751. The number of carbonyl (C=O) groups is 2. The van der Waals surface area contributed by atoms with Gasteiger partial charge in [0.05, 0.1) is 13.1 Å². The van der Waals surface area contributed by atoms with Crippen molar-refractivity contribution in [1.82, 2.24) is 19.6 Å². The number of benzene rings is 2. The molecule has 8 heteroatoms. The van der Waals surface area contributed by atoms with Crippen molar-refractivity contribution in [1.29, 1.82) is 0 Å². The van der Waals surface area contributed by atoms with E-state index in [2.05, 4.69) is 9.80 Å². The van der Waals surface area contributed by atoms with Crippen molar-refractivity contribution in [3.05, 3.63) is 71.3 Å². The van der Waals surface area contributed by atoms with Gasteiger partial charge in [0.1, 0.15) is 11.6 Å². The molecule has 0 bridgehead atoms. The van der Waals surface area contributed by atoms with Crippen molar-refractivity contribution in [3.8, 4) is 0 Å². The second-order valence-electron chi connectivity index (χ2n) is 8.59. The molecule has 1 aliphatic heterocycles. The van der Waals surface area contributed by atoms with Crippen LogP contribution in [0.3, 0.4) is 0 Å². The van der Waals surface area contributed by atoms with E-state index >= 15 is 0 Å². The number of hydrogen-bond acceptors (Lipinski definition) is 4. The predicted molar refractivity (Wildman–Crippen MR) is 123 cm³/mol. The van der Waals surface area contributed by atoms with Crippen molar-refractivity contribution in [2.45, 2.75) is 19.5 Å². The van der Waals surface area contributed by atoms with E-state index in [9.17, 15) is 18.4 Å². The van der Waals surface area contributed by atoms with Crippen molar-refractivity contribution in [2.24, 2.45) is 0 Å². The van der Waals surface area contributed by atoms with Crippen LogP contribution in [0.25, 0.3) is 0 Å². The summed E-state index contributed by atoms with van der Waals surface area (Å²) in [7, 11) is 3.37. The fraction of sp³-hybridized carbons (Fsp3) is 0.440. The largest absolute Gasteiger partial charge is 0.340 e. The molecule has 0 radical (unpaired) electrons. The summed E-state index contributed by atoms with van der Waals surface area (Å²) < 4.78 is 27.7. The first-order valence-corrected chi connectivity index (χ1v) is 11.2. The van der Waals surface area contributed by atoms with Crippen molar-refractivity contribution in [3.63, 3.8) is 0 Å². The van der Waals surface area contributed by atoms with Crippen LogP contribution in [0, 0.1) is 11.6 Å². The average Bonchev–Trinajstić information content (AvgIpc) is 3.01. The van der Waals surface area contributed by atoms with Crippen LogP contribution in [0.2, 0.25) is 0 Å². The Hall–Kier alpha value is -2.84. The number of amides is 2. The normalized spacial score (nSPS) is 15.2. The van der Waals surface area contributed by atoms with E-state index in [1.807, 2.05) is 0 Å². The maximum atomic E-state index is 13.9. The lowest BCUT2D eigenvalue weighted by molar-refractivity contribution is -0.132. The Morgan fingerprint density at radius 2 is 1.12 bits per heavy atom. The summed E-state index contributed by atoms with van der Waals surface area (Å²) in [6, 6.07) is 12.9. The van der Waals surface area contributed by atoms with Gasteiger partial charge in [-0.25, -0.2) is 8.78 Å². The lowest BCUT2D eigenvalue weighted by Gasteiger charge is -2.25. The molecule has 2 aromatic rings. The molecule has 0 aliphatic carbocycles. The minimum absolute atomic E-state index is 0.0626. The van der Waals surface area contributed by atoms with Crippen LogP contribution in [-0.4, -0.2) is 84.8 Å². The Morgan fingerprint density at radius 1 is 0.727 bits per heavy atom. The number of nitrogens with zero attached hydrogens (tertiary/aromatic N) is 4. The van der Waals surface area contributed by atoms with Gasteiger partial charge in [0.15, 0.2) is 0 Å². The van der Waals surface area contributed by atoms with Gasteiger partial charge < -0.3 is 9.80 Å². The van der Waals surface area contributed by atoms with Gasteiger partial charge in [0.2, 0.25) is 11.8 Å². The van der Waals surface area contributed by atoms with Gasteiger partial charge in [-0.2, -0.15) is 0 Å². The molecule has 178 valence electrons. The molecule has 2 amide bonds. The van der Waals surface area contributed by atoms with E-state index in [0.717, 1.165) is 19.5 Å². The molecular formula is C25H32F2N4O2. The van der Waals surface area contributed by atoms with Crippen LogP contribution in [-0.2, 0) is 22.7 Å². The summed E-state index contributed by atoms with van der Waals surface area (Å²) in [4.78, 5) is 32.5. The van der Waals surface area contributed by atoms with Crippen LogP contribution in [0.5, 0.6) is 0 Å². The summed E-state index contributed by atoms with van der Waals surface area (Å²) in [5, 5.41) is 0. The van der Waals surface area contributed by atoms with Gasteiger partial charge in [-0.1, -0.05) is 36.4 Å². The van der Waals surface area contributed by atoms with Crippen LogP contribution < -0.4 is 0 Å². The average molecular weight is 459 g/mol. The second-order valence-corrected chi connectivity index (χ2v) is 8.59. The third-order valence-electron chi connectivity index (χ3n) is 5.98. The molecule has 0 saturated carbocycles. The monoisotopic (exact) mass is 458 g/mol. The zero-order valence-electron chi connectivity index (χ0n) is 19.3. The quantitative estimate of drug-likeness (QED) is 0.610. The molecule has 1 saturated heterocycles. The highest BCUT2D eigenvalue weighted by molar-refractivity contribution is 5.78. The molecule has 0 spiro atoms. The maximum Gasteiger partial charge on any atom is 0.236 e. The molecule has 6 nitrogen and oxygen atoms in total. The molecule has 2 aromatic carbocycles. The van der Waals surface area contributed by atoms with Gasteiger partial charge in [0.25, 0.3) is 0 Å². The molecule has 33 heavy (non-hydrogen) atoms. The Labute approximate surface area is 194 Å². The number of hydrogen-bond donors (Lipinski definition) is 0. The Balaban J connectivity index is 1.45. The summed E-state index contributed by atoms with van der Waals surface area (Å²) in [6.45, 7) is 3.85. The fourth-order valence-corrected chi connectivity index (χ4v) is 3.91. The summed E-state index contributed by atoms with van der Waals surface area (Å²) in [5.41, 5.74) is 0.988. The molecule has 1 fully saturated rings. The number of carbonyl (C=O) groups excluding carboxylic acids is 2. The molecular weight excluding hydrogens is 426 g/mol. The summed E-state index contributed by atoms with van der Waals surface area (Å²) in [6.07, 6.45) is 0.842. The Morgan fingerprint density at radius 3 is 1.52 bits per heavy atom. The standard InChI is InChI=1S/C25H32F2N4O2/c1-28(16-20-8-3-5-10-22(20)26)24(32)18-30-12-7-13-31(15-14-30)19-25(33)29(2)17-21-9-4-6-11-23(21)27/h3-6,8-11H,7,12-19H2,1-2H3. The van der Waals surface area contributed by atoms with Crippen LogP contribution in [0.1, 0.15) is 17.5 Å². The van der Waals surface area contributed by atoms with Crippen molar-refractivity contribution >= 4 is 11.8 Å². The van der Waals surface area contributed by atoms with Crippen molar-refractivity contribution < 1.29 is 18.4 Å². The maximum absolute atomic E-state index is 13.9. The molecule has 0 aromatic heterocycles. The number of likely N-dealkylation sites (N-methyl/N-ethyl adjacent to an activating group) is 2. The highest BCUT2D eigenvalue weighted by Crippen LogP contribution is 2.11. The smallest absolute Gasteiger partial charge is 0.236 e. The minimum Gasteiger partial charge on any atom is -0.340 e. The van der Waals surface area contributed by atoms with E-state index < -0.39 is 0 Å². The highest BCUT2D eigenvalue weighted by atomic mass is 19.1. The van der Waals surface area contributed by atoms with Gasteiger partial charge >= 0.3 is 0 Å². The molecule has 0 unspecified atom stereocenters. The topological polar surface area (TPSA) is 47.1 Å². The van der Waals surface area contributed by atoms with Crippen LogP contribution in [0.4, 0.5) is 8.78 Å². The lowest BCUT2D eigenvalue weighted by atomic mass is 10.2. The zero-order valence-corrected chi connectivity index (χ0v) is 19.3. The Bertz CT molecular complexity index is 880. The molecule has 3 rings (SSSR count). The van der Waals surface area contributed by atoms with Gasteiger partial charge in [-0.3, -0.25) is 19.4 Å². The third-order valence-corrected chi connectivity index (χ3v) is 5.98. The van der Waals surface area contributed by atoms with Gasteiger partial charge in [-0.15, -0.1) is 0 Å². The lowest BCUT2D eigenvalue weighted by Crippen LogP contribution is -2.41. The first-order valence-electron chi connectivity index (χ1n) is 11.2. The van der Waals surface area contributed by atoms with E-state index in [-0.39, 0.29) is 49.6 Å². The van der Waals surface area contributed by atoms with Crippen LogP contribution in [0.15, 0.2) is 48.5 Å². The Kier molecular flexibility index (Phi) is 8.91. The zero-order chi connectivity index (χ0) is 23.8. The van der Waals surface area contributed by atoms with E-state index in [1.165, 1.54) is 12.1 Å². The molecule has 1 aliphatic rings. The number of rotatable bonds is 8. The minimum atomic E-state index is -0.313. The fourth-order valence-electron chi connectivity index (χ4n) is 3.91. The van der Waals surface area contributed by atoms with E-state index in [0.29, 0.717) is 24.2 Å². The third kappa shape index (κ3) is 7.33. The first kappa shape index (κ1) is 24.8. The first-order chi connectivity index (χ1) is 15.8.